The first-order valence-electron chi connectivity index (χ1n) is 7.45. The van der Waals surface area contributed by atoms with E-state index in [0.29, 0.717) is 28.2 Å². The number of esters is 1. The van der Waals surface area contributed by atoms with Crippen molar-refractivity contribution in [1.82, 2.24) is 9.97 Å². The van der Waals surface area contributed by atoms with E-state index in [4.69, 9.17) is 16.3 Å². The Morgan fingerprint density at radius 3 is 2.62 bits per heavy atom. The number of hydrogen-bond donors (Lipinski definition) is 1. The molecule has 7 heteroatoms. The Kier molecular flexibility index (Phi) is 4.69. The van der Waals surface area contributed by atoms with E-state index >= 15 is 0 Å². The molecule has 0 unspecified atom stereocenters. The first-order chi connectivity index (χ1) is 11.5. The number of ether oxygens (including phenoxy) is 1. The summed E-state index contributed by atoms with van der Waals surface area (Å²) in [5.74, 6) is 0.109. The molecule has 0 saturated carbocycles. The van der Waals surface area contributed by atoms with Crippen molar-refractivity contribution in [1.29, 1.82) is 0 Å². The van der Waals surface area contributed by atoms with Gasteiger partial charge in [-0.3, -0.25) is 0 Å². The van der Waals surface area contributed by atoms with Crippen LogP contribution < -0.4 is 5.32 Å². The predicted octanol–water partition coefficient (Wildman–Crippen LogP) is 4.88. The Morgan fingerprint density at radius 1 is 1.25 bits per heavy atom. The molecule has 3 rings (SSSR count). The summed E-state index contributed by atoms with van der Waals surface area (Å²) in [4.78, 5) is 21.3. The van der Waals surface area contributed by atoms with Crippen molar-refractivity contribution in [3.05, 3.63) is 45.6 Å². The quantitative estimate of drug-likeness (QED) is 0.530. The summed E-state index contributed by atoms with van der Waals surface area (Å²) in [6.07, 6.45) is 0. The normalized spacial score (nSPS) is 10.8. The molecule has 2 aromatic heterocycles. The molecule has 0 aliphatic carbocycles. The number of nitrogens with zero attached hydrogens (tertiary/aromatic N) is 2. The van der Waals surface area contributed by atoms with Gasteiger partial charge in [0, 0.05) is 11.1 Å². The van der Waals surface area contributed by atoms with Crippen molar-refractivity contribution in [2.75, 3.05) is 11.9 Å². The molecule has 2 heterocycles. The van der Waals surface area contributed by atoms with Crippen LogP contribution in [-0.2, 0) is 4.74 Å². The van der Waals surface area contributed by atoms with Crippen LogP contribution in [0.2, 0.25) is 5.28 Å². The van der Waals surface area contributed by atoms with E-state index in [1.54, 1.807) is 12.3 Å². The minimum Gasteiger partial charge on any atom is -0.462 e. The first kappa shape index (κ1) is 16.7. The SMILES string of the molecule is CCOC(=O)c1csc2nc(Cl)nc(Nc3cc(C)cc(C)c3)c12. The number of carbonyl (C=O) groups is 1. The number of nitrogens with one attached hydrogen (secondary N) is 1. The lowest BCUT2D eigenvalue weighted by Crippen LogP contribution is -2.05. The Labute approximate surface area is 148 Å². The topological polar surface area (TPSA) is 64.1 Å². The van der Waals surface area contributed by atoms with Gasteiger partial charge < -0.3 is 10.1 Å². The molecule has 1 N–H and O–H groups in total. The van der Waals surface area contributed by atoms with Gasteiger partial charge in [0.05, 0.1) is 17.6 Å². The van der Waals surface area contributed by atoms with Crippen molar-refractivity contribution in [2.24, 2.45) is 0 Å². The van der Waals surface area contributed by atoms with E-state index in [1.807, 2.05) is 26.0 Å². The average Bonchev–Trinajstić information content (AvgIpc) is 2.90. The largest absolute Gasteiger partial charge is 0.462 e. The van der Waals surface area contributed by atoms with Crippen LogP contribution in [0.3, 0.4) is 0 Å². The second-order valence-electron chi connectivity index (χ2n) is 5.39. The van der Waals surface area contributed by atoms with Crippen LogP contribution in [0, 0.1) is 13.8 Å². The number of carbonyl (C=O) groups excluding carboxylic acids is 1. The highest BCUT2D eigenvalue weighted by molar-refractivity contribution is 7.17. The van der Waals surface area contributed by atoms with E-state index in [9.17, 15) is 4.79 Å². The van der Waals surface area contributed by atoms with Crippen LogP contribution in [0.1, 0.15) is 28.4 Å². The lowest BCUT2D eigenvalue weighted by Gasteiger charge is -2.10. The van der Waals surface area contributed by atoms with Gasteiger partial charge in [-0.2, -0.15) is 4.98 Å². The van der Waals surface area contributed by atoms with Gasteiger partial charge in [-0.05, 0) is 55.6 Å². The number of fused-ring (bicyclic) bond motifs is 1. The van der Waals surface area contributed by atoms with E-state index in [2.05, 4.69) is 21.4 Å². The summed E-state index contributed by atoms with van der Waals surface area (Å²) in [6, 6.07) is 6.10. The minimum atomic E-state index is -0.391. The summed E-state index contributed by atoms with van der Waals surface area (Å²) in [7, 11) is 0. The lowest BCUT2D eigenvalue weighted by atomic mass is 10.1. The summed E-state index contributed by atoms with van der Waals surface area (Å²) in [5.41, 5.74) is 3.58. The Balaban J connectivity index is 2.11. The fourth-order valence-corrected chi connectivity index (χ4v) is 3.68. The number of halogens is 1. The maximum Gasteiger partial charge on any atom is 0.339 e. The Hall–Kier alpha value is -2.18. The van der Waals surface area contributed by atoms with Gasteiger partial charge in [0.1, 0.15) is 10.6 Å². The summed E-state index contributed by atoms with van der Waals surface area (Å²) >= 11 is 7.37. The fourth-order valence-electron chi connectivity index (χ4n) is 2.55. The fraction of sp³-hybridized carbons (Fsp3) is 0.235. The molecule has 0 radical (unpaired) electrons. The zero-order valence-electron chi connectivity index (χ0n) is 13.5. The molecule has 0 saturated heterocycles. The second-order valence-corrected chi connectivity index (χ2v) is 6.59. The molecule has 24 heavy (non-hydrogen) atoms. The van der Waals surface area contributed by atoms with Crippen molar-refractivity contribution in [3.63, 3.8) is 0 Å². The molecule has 1 aromatic carbocycles. The molecule has 0 bridgehead atoms. The standard InChI is InChI=1S/C17H16ClN3O2S/c1-4-23-16(22)12-8-24-15-13(12)14(20-17(18)21-15)19-11-6-9(2)5-10(3)7-11/h5-8H,4H2,1-3H3,(H,19,20,21). The maximum atomic E-state index is 12.2. The molecule has 0 amide bonds. The van der Waals surface area contributed by atoms with Gasteiger partial charge >= 0.3 is 5.97 Å². The monoisotopic (exact) mass is 361 g/mol. The van der Waals surface area contributed by atoms with Crippen molar-refractivity contribution >= 4 is 50.6 Å². The third-order valence-corrected chi connectivity index (χ3v) is 4.43. The third-order valence-electron chi connectivity index (χ3n) is 3.39. The number of thiophene rings is 1. The van der Waals surface area contributed by atoms with Gasteiger partial charge in [0.15, 0.2) is 0 Å². The summed E-state index contributed by atoms with van der Waals surface area (Å²) in [5, 5.41) is 5.74. The molecule has 0 spiro atoms. The number of anilines is 2. The van der Waals surface area contributed by atoms with E-state index in [1.165, 1.54) is 11.3 Å². The van der Waals surface area contributed by atoms with Gasteiger partial charge in [-0.1, -0.05) is 6.07 Å². The Morgan fingerprint density at radius 2 is 1.96 bits per heavy atom. The van der Waals surface area contributed by atoms with E-state index in [-0.39, 0.29) is 5.28 Å². The zero-order valence-corrected chi connectivity index (χ0v) is 15.1. The van der Waals surface area contributed by atoms with Crippen LogP contribution in [-0.4, -0.2) is 22.5 Å². The summed E-state index contributed by atoms with van der Waals surface area (Å²) in [6.45, 7) is 6.13. The van der Waals surface area contributed by atoms with Crippen LogP contribution >= 0.6 is 22.9 Å². The van der Waals surface area contributed by atoms with Crippen molar-refractivity contribution in [2.45, 2.75) is 20.8 Å². The molecule has 0 aliphatic heterocycles. The minimum absolute atomic E-state index is 0.131. The third kappa shape index (κ3) is 3.34. The maximum absolute atomic E-state index is 12.2. The van der Waals surface area contributed by atoms with E-state index < -0.39 is 5.97 Å². The summed E-state index contributed by atoms with van der Waals surface area (Å²) < 4.78 is 5.12. The molecule has 0 atom stereocenters. The average molecular weight is 362 g/mol. The first-order valence-corrected chi connectivity index (χ1v) is 8.71. The van der Waals surface area contributed by atoms with Gasteiger partial charge in [-0.25, -0.2) is 9.78 Å². The molecule has 0 aliphatic rings. The highest BCUT2D eigenvalue weighted by Crippen LogP contribution is 2.33. The Bertz CT molecular complexity index is 903. The molecule has 5 nitrogen and oxygen atoms in total. The van der Waals surface area contributed by atoms with Crippen LogP contribution in [0.25, 0.3) is 10.2 Å². The molecule has 3 aromatic rings. The highest BCUT2D eigenvalue weighted by atomic mass is 35.5. The number of aryl methyl sites for hydroxylation is 2. The predicted molar refractivity (Wildman–Crippen MR) is 97.6 cm³/mol. The zero-order chi connectivity index (χ0) is 17.3. The van der Waals surface area contributed by atoms with E-state index in [0.717, 1.165) is 16.8 Å². The lowest BCUT2D eigenvalue weighted by molar-refractivity contribution is 0.0529. The highest BCUT2D eigenvalue weighted by Gasteiger charge is 2.19. The number of aromatic nitrogens is 2. The van der Waals surface area contributed by atoms with Crippen LogP contribution in [0.5, 0.6) is 0 Å². The van der Waals surface area contributed by atoms with Crippen LogP contribution in [0.15, 0.2) is 23.6 Å². The second kappa shape index (κ2) is 6.75. The van der Waals surface area contributed by atoms with Gasteiger partial charge in [-0.15, -0.1) is 11.3 Å². The molecular weight excluding hydrogens is 346 g/mol. The molecule has 0 fully saturated rings. The van der Waals surface area contributed by atoms with Gasteiger partial charge in [0.2, 0.25) is 5.28 Å². The van der Waals surface area contributed by atoms with Crippen molar-refractivity contribution in [3.8, 4) is 0 Å². The molecular formula is C17H16ClN3O2S. The molecule has 124 valence electrons. The van der Waals surface area contributed by atoms with Crippen molar-refractivity contribution < 1.29 is 9.53 Å². The smallest absolute Gasteiger partial charge is 0.339 e. The van der Waals surface area contributed by atoms with Gasteiger partial charge in [0.25, 0.3) is 0 Å². The van der Waals surface area contributed by atoms with Crippen LogP contribution in [0.4, 0.5) is 11.5 Å². The number of rotatable bonds is 4. The number of hydrogen-bond acceptors (Lipinski definition) is 6. The number of benzene rings is 1.